The van der Waals surface area contributed by atoms with Crippen LogP contribution < -0.4 is 5.73 Å². The Balaban J connectivity index is 2.05. The molecule has 0 fully saturated rings. The van der Waals surface area contributed by atoms with Crippen molar-refractivity contribution in [2.24, 2.45) is 5.73 Å². The van der Waals surface area contributed by atoms with Gasteiger partial charge in [-0.1, -0.05) is 41.4 Å². The first-order chi connectivity index (χ1) is 9.06. The Hall–Kier alpha value is -1.09. The first kappa shape index (κ1) is 14.3. The summed E-state index contributed by atoms with van der Waals surface area (Å²) in [5.41, 5.74) is 7.96. The lowest BCUT2D eigenvalue weighted by atomic mass is 9.99. The van der Waals surface area contributed by atoms with Gasteiger partial charge >= 0.3 is 0 Å². The van der Waals surface area contributed by atoms with Crippen molar-refractivity contribution in [1.82, 2.24) is 0 Å². The van der Waals surface area contributed by atoms with Gasteiger partial charge in [-0.15, -0.1) is 0 Å². The molecule has 0 radical (unpaired) electrons. The van der Waals surface area contributed by atoms with E-state index < -0.39 is 0 Å². The zero-order valence-electron chi connectivity index (χ0n) is 10.2. The largest absolute Gasteiger partial charge is 0.327 e. The summed E-state index contributed by atoms with van der Waals surface area (Å²) in [6.45, 7) is 0. The number of nitrogens with two attached hydrogens (primary N) is 1. The fourth-order valence-electron chi connectivity index (χ4n) is 1.98. The molecular weight excluding hydrogens is 284 g/mol. The Kier molecular flexibility index (Phi) is 4.81. The van der Waals surface area contributed by atoms with E-state index in [0.29, 0.717) is 22.9 Å². The Labute approximate surface area is 122 Å². The van der Waals surface area contributed by atoms with Crippen LogP contribution in [0.2, 0.25) is 10.0 Å². The van der Waals surface area contributed by atoms with E-state index in [-0.39, 0.29) is 11.9 Å². The van der Waals surface area contributed by atoms with Crippen LogP contribution in [0.4, 0.5) is 4.39 Å². The van der Waals surface area contributed by atoms with Crippen LogP contribution in [0.1, 0.15) is 11.1 Å². The van der Waals surface area contributed by atoms with Crippen molar-refractivity contribution < 1.29 is 4.39 Å². The summed E-state index contributed by atoms with van der Waals surface area (Å²) in [4.78, 5) is 0. The highest BCUT2D eigenvalue weighted by Gasteiger charge is 2.11. The maximum atomic E-state index is 12.8. The van der Waals surface area contributed by atoms with Crippen molar-refractivity contribution in [2.45, 2.75) is 18.9 Å². The second-order valence-electron chi connectivity index (χ2n) is 4.50. The van der Waals surface area contributed by atoms with Crippen LogP contribution in [0.3, 0.4) is 0 Å². The van der Waals surface area contributed by atoms with Gasteiger partial charge in [-0.3, -0.25) is 0 Å². The minimum atomic E-state index is -0.244. The summed E-state index contributed by atoms with van der Waals surface area (Å²) in [6.07, 6.45) is 1.25. The van der Waals surface area contributed by atoms with Crippen LogP contribution in [0.5, 0.6) is 0 Å². The van der Waals surface area contributed by atoms with Crippen molar-refractivity contribution in [3.8, 4) is 0 Å². The third-order valence-corrected chi connectivity index (χ3v) is 3.65. The molecule has 0 aliphatic heterocycles. The predicted molar refractivity (Wildman–Crippen MR) is 78.2 cm³/mol. The van der Waals surface area contributed by atoms with Gasteiger partial charge in [-0.25, -0.2) is 4.39 Å². The summed E-state index contributed by atoms with van der Waals surface area (Å²) in [5.74, 6) is -0.244. The fraction of sp³-hybridized carbons (Fsp3) is 0.200. The van der Waals surface area contributed by atoms with Crippen LogP contribution in [0.15, 0.2) is 42.5 Å². The molecular formula is C15H14Cl2FN. The maximum Gasteiger partial charge on any atom is 0.123 e. The number of hydrogen-bond acceptors (Lipinski definition) is 1. The smallest absolute Gasteiger partial charge is 0.123 e. The lowest BCUT2D eigenvalue weighted by Crippen LogP contribution is -2.25. The van der Waals surface area contributed by atoms with E-state index in [1.54, 1.807) is 30.3 Å². The maximum absolute atomic E-state index is 12.8. The topological polar surface area (TPSA) is 26.0 Å². The van der Waals surface area contributed by atoms with Gasteiger partial charge in [0.25, 0.3) is 0 Å². The molecule has 0 spiro atoms. The normalized spacial score (nSPS) is 12.4. The fourth-order valence-corrected chi connectivity index (χ4v) is 2.54. The molecule has 0 saturated heterocycles. The van der Waals surface area contributed by atoms with Crippen LogP contribution >= 0.6 is 23.2 Å². The van der Waals surface area contributed by atoms with Gasteiger partial charge in [0.2, 0.25) is 0 Å². The average Bonchev–Trinajstić information content (AvgIpc) is 2.37. The van der Waals surface area contributed by atoms with Crippen molar-refractivity contribution >= 4 is 23.2 Å². The molecule has 2 N–H and O–H groups in total. The molecule has 4 heteroatoms. The SMILES string of the molecule is NC(Cc1ccc(F)cc1)Cc1c(Cl)cccc1Cl. The van der Waals surface area contributed by atoms with E-state index in [2.05, 4.69) is 0 Å². The number of hydrogen-bond donors (Lipinski definition) is 1. The Morgan fingerprint density at radius 2 is 1.53 bits per heavy atom. The van der Waals surface area contributed by atoms with Gasteiger partial charge in [0.05, 0.1) is 0 Å². The molecule has 0 amide bonds. The second kappa shape index (κ2) is 6.38. The zero-order valence-corrected chi connectivity index (χ0v) is 11.8. The summed E-state index contributed by atoms with van der Waals surface area (Å²) >= 11 is 12.2. The first-order valence-electron chi connectivity index (χ1n) is 5.99. The summed E-state index contributed by atoms with van der Waals surface area (Å²) in [6, 6.07) is 11.6. The molecule has 1 nitrogen and oxygen atoms in total. The van der Waals surface area contributed by atoms with Crippen molar-refractivity contribution in [3.63, 3.8) is 0 Å². The number of halogens is 3. The van der Waals surface area contributed by atoms with E-state index in [9.17, 15) is 4.39 Å². The molecule has 1 atom stereocenters. The minimum absolute atomic E-state index is 0.108. The molecule has 100 valence electrons. The Bertz CT molecular complexity index is 534. The lowest BCUT2D eigenvalue weighted by Gasteiger charge is -2.14. The van der Waals surface area contributed by atoms with E-state index in [0.717, 1.165) is 11.1 Å². The quantitative estimate of drug-likeness (QED) is 0.897. The predicted octanol–water partition coefficient (Wildman–Crippen LogP) is 4.25. The van der Waals surface area contributed by atoms with Gasteiger partial charge in [-0.2, -0.15) is 0 Å². The Morgan fingerprint density at radius 1 is 0.947 bits per heavy atom. The number of rotatable bonds is 4. The molecule has 0 bridgehead atoms. The van der Waals surface area contributed by atoms with Gasteiger partial charge in [0, 0.05) is 16.1 Å². The van der Waals surface area contributed by atoms with E-state index in [1.807, 2.05) is 0 Å². The van der Waals surface area contributed by atoms with Crippen LogP contribution in [-0.4, -0.2) is 6.04 Å². The third-order valence-electron chi connectivity index (χ3n) is 2.94. The highest BCUT2D eigenvalue weighted by molar-refractivity contribution is 6.36. The molecule has 0 saturated carbocycles. The molecule has 0 heterocycles. The van der Waals surface area contributed by atoms with E-state index in [4.69, 9.17) is 28.9 Å². The van der Waals surface area contributed by atoms with Gasteiger partial charge in [0.1, 0.15) is 5.82 Å². The van der Waals surface area contributed by atoms with Crippen molar-refractivity contribution in [1.29, 1.82) is 0 Å². The highest BCUT2D eigenvalue weighted by Crippen LogP contribution is 2.25. The average molecular weight is 298 g/mol. The van der Waals surface area contributed by atoms with Crippen LogP contribution in [0, 0.1) is 5.82 Å². The lowest BCUT2D eigenvalue weighted by molar-refractivity contribution is 0.623. The summed E-state index contributed by atoms with van der Waals surface area (Å²) in [7, 11) is 0. The molecule has 0 aliphatic rings. The second-order valence-corrected chi connectivity index (χ2v) is 5.31. The van der Waals surface area contributed by atoms with Gasteiger partial charge in [0.15, 0.2) is 0 Å². The highest BCUT2D eigenvalue weighted by atomic mass is 35.5. The minimum Gasteiger partial charge on any atom is -0.327 e. The number of benzene rings is 2. The van der Waals surface area contributed by atoms with Crippen LogP contribution in [-0.2, 0) is 12.8 Å². The van der Waals surface area contributed by atoms with Gasteiger partial charge < -0.3 is 5.73 Å². The molecule has 19 heavy (non-hydrogen) atoms. The Morgan fingerprint density at radius 3 is 2.11 bits per heavy atom. The molecule has 2 aromatic rings. The third kappa shape index (κ3) is 3.93. The zero-order chi connectivity index (χ0) is 13.8. The first-order valence-corrected chi connectivity index (χ1v) is 6.75. The van der Waals surface area contributed by atoms with Crippen molar-refractivity contribution in [2.75, 3.05) is 0 Å². The standard InChI is InChI=1S/C15H14Cl2FN/c16-14-2-1-3-15(17)13(14)9-12(19)8-10-4-6-11(18)7-5-10/h1-7,12H,8-9,19H2. The monoisotopic (exact) mass is 297 g/mol. The molecule has 0 aliphatic carbocycles. The summed E-state index contributed by atoms with van der Waals surface area (Å²) < 4.78 is 12.8. The summed E-state index contributed by atoms with van der Waals surface area (Å²) in [5, 5.41) is 1.25. The van der Waals surface area contributed by atoms with E-state index in [1.165, 1.54) is 12.1 Å². The van der Waals surface area contributed by atoms with Crippen LogP contribution in [0.25, 0.3) is 0 Å². The molecule has 2 aromatic carbocycles. The van der Waals surface area contributed by atoms with E-state index >= 15 is 0 Å². The molecule has 2 rings (SSSR count). The van der Waals surface area contributed by atoms with Gasteiger partial charge in [-0.05, 0) is 48.2 Å². The van der Waals surface area contributed by atoms with Crippen molar-refractivity contribution in [3.05, 3.63) is 69.5 Å². The molecule has 0 aromatic heterocycles. The molecule has 1 unspecified atom stereocenters.